The van der Waals surface area contributed by atoms with Gasteiger partial charge in [-0.25, -0.2) is 4.79 Å². The Kier molecular flexibility index (Phi) is 1.53. The molecule has 0 atom stereocenters. The Morgan fingerprint density at radius 1 is 1.58 bits per heavy atom. The zero-order valence-corrected chi connectivity index (χ0v) is 6.37. The maximum atomic E-state index is 10.6. The van der Waals surface area contributed by atoms with E-state index in [1.807, 2.05) is 0 Å². The van der Waals surface area contributed by atoms with Crippen molar-refractivity contribution in [2.75, 3.05) is 6.61 Å². The van der Waals surface area contributed by atoms with Crippen LogP contribution in [-0.2, 0) is 6.42 Å². The second-order valence-electron chi connectivity index (χ2n) is 2.66. The van der Waals surface area contributed by atoms with E-state index < -0.39 is 5.97 Å². The van der Waals surface area contributed by atoms with E-state index in [0.29, 0.717) is 18.1 Å². The van der Waals surface area contributed by atoms with E-state index >= 15 is 0 Å². The minimum Gasteiger partial charge on any atom is -0.489 e. The highest BCUT2D eigenvalue weighted by Gasteiger charge is 2.22. The standard InChI is InChI=1S/C8H8O4/c9-8(10)5-4-12-6-2-1-3-11-7(5)6/h4H,1-3H2,(H,9,10). The smallest absolute Gasteiger partial charge is 0.342 e. The molecule has 0 radical (unpaired) electrons. The van der Waals surface area contributed by atoms with E-state index in [-0.39, 0.29) is 5.56 Å². The maximum Gasteiger partial charge on any atom is 0.342 e. The van der Waals surface area contributed by atoms with Crippen LogP contribution < -0.4 is 4.74 Å². The number of furan rings is 1. The summed E-state index contributed by atoms with van der Waals surface area (Å²) in [6, 6.07) is 0. The number of rotatable bonds is 1. The molecule has 12 heavy (non-hydrogen) atoms. The molecule has 0 unspecified atom stereocenters. The van der Waals surface area contributed by atoms with Gasteiger partial charge < -0.3 is 14.3 Å². The van der Waals surface area contributed by atoms with Gasteiger partial charge in [0.2, 0.25) is 0 Å². The van der Waals surface area contributed by atoms with Crippen molar-refractivity contribution in [1.82, 2.24) is 0 Å². The molecular formula is C8H8O4. The van der Waals surface area contributed by atoms with Gasteiger partial charge in [-0.3, -0.25) is 0 Å². The number of carbonyl (C=O) groups is 1. The summed E-state index contributed by atoms with van der Waals surface area (Å²) >= 11 is 0. The molecule has 64 valence electrons. The molecule has 2 rings (SSSR count). The summed E-state index contributed by atoms with van der Waals surface area (Å²) in [5, 5.41) is 8.69. The van der Waals surface area contributed by atoms with Crippen LogP contribution in [-0.4, -0.2) is 17.7 Å². The summed E-state index contributed by atoms with van der Waals surface area (Å²) < 4.78 is 10.2. The summed E-state index contributed by atoms with van der Waals surface area (Å²) in [4.78, 5) is 10.6. The number of aryl methyl sites for hydroxylation is 1. The topological polar surface area (TPSA) is 59.7 Å². The number of ether oxygens (including phenoxy) is 1. The van der Waals surface area contributed by atoms with E-state index in [0.717, 1.165) is 12.8 Å². The molecule has 4 nitrogen and oxygen atoms in total. The Balaban J connectivity index is 2.44. The first kappa shape index (κ1) is 7.21. The van der Waals surface area contributed by atoms with Gasteiger partial charge in [0.05, 0.1) is 6.61 Å². The van der Waals surface area contributed by atoms with Crippen LogP contribution in [0, 0.1) is 0 Å². The molecule has 1 aromatic heterocycles. The summed E-state index contributed by atoms with van der Waals surface area (Å²) in [5.41, 5.74) is 0.129. The molecule has 2 heterocycles. The van der Waals surface area contributed by atoms with Gasteiger partial charge in [-0.15, -0.1) is 0 Å². The van der Waals surface area contributed by atoms with Crippen LogP contribution in [0.2, 0.25) is 0 Å². The number of hydrogen-bond acceptors (Lipinski definition) is 3. The molecule has 1 aromatic rings. The van der Waals surface area contributed by atoms with E-state index in [1.54, 1.807) is 0 Å². The highest BCUT2D eigenvalue weighted by Crippen LogP contribution is 2.30. The van der Waals surface area contributed by atoms with Crippen molar-refractivity contribution in [1.29, 1.82) is 0 Å². The average molecular weight is 168 g/mol. The molecule has 1 aliphatic rings. The van der Waals surface area contributed by atoms with Gasteiger partial charge in [0, 0.05) is 6.42 Å². The average Bonchev–Trinajstić information content (AvgIpc) is 2.47. The third-order valence-corrected chi connectivity index (χ3v) is 1.84. The van der Waals surface area contributed by atoms with Gasteiger partial charge in [-0.2, -0.15) is 0 Å². The van der Waals surface area contributed by atoms with Crippen molar-refractivity contribution in [2.24, 2.45) is 0 Å². The Morgan fingerprint density at radius 2 is 2.42 bits per heavy atom. The summed E-state index contributed by atoms with van der Waals surface area (Å²) in [6.45, 7) is 0.576. The Hall–Kier alpha value is -1.45. The first-order chi connectivity index (χ1) is 5.79. The molecule has 1 aliphatic heterocycles. The van der Waals surface area contributed by atoms with E-state index in [2.05, 4.69) is 0 Å². The minimum atomic E-state index is -0.998. The Bertz CT molecular complexity index is 313. The van der Waals surface area contributed by atoms with Crippen LogP contribution in [0.15, 0.2) is 10.7 Å². The molecule has 0 saturated carbocycles. The first-order valence-corrected chi connectivity index (χ1v) is 3.75. The number of aromatic carboxylic acids is 1. The van der Waals surface area contributed by atoms with Gasteiger partial charge in [0.25, 0.3) is 0 Å². The van der Waals surface area contributed by atoms with Gasteiger partial charge in [-0.05, 0) is 6.42 Å². The lowest BCUT2D eigenvalue weighted by atomic mass is 10.2. The van der Waals surface area contributed by atoms with Gasteiger partial charge in [0.1, 0.15) is 17.6 Å². The summed E-state index contributed by atoms with van der Waals surface area (Å²) in [5.74, 6) is 0.0642. The molecule has 0 fully saturated rings. The fourth-order valence-electron chi connectivity index (χ4n) is 1.27. The number of hydrogen-bond donors (Lipinski definition) is 1. The normalized spacial score (nSPS) is 15.0. The second-order valence-corrected chi connectivity index (χ2v) is 2.66. The van der Waals surface area contributed by atoms with Crippen LogP contribution in [0.4, 0.5) is 0 Å². The monoisotopic (exact) mass is 168 g/mol. The fourth-order valence-corrected chi connectivity index (χ4v) is 1.27. The fraction of sp³-hybridized carbons (Fsp3) is 0.375. The predicted molar refractivity (Wildman–Crippen MR) is 39.5 cm³/mol. The second kappa shape index (κ2) is 2.55. The Labute approximate surface area is 68.7 Å². The molecule has 0 amide bonds. The molecular weight excluding hydrogens is 160 g/mol. The number of fused-ring (bicyclic) bond motifs is 1. The van der Waals surface area contributed by atoms with Crippen LogP contribution in [0.5, 0.6) is 5.75 Å². The van der Waals surface area contributed by atoms with Crippen molar-refractivity contribution in [3.8, 4) is 5.75 Å². The zero-order chi connectivity index (χ0) is 8.55. The molecule has 0 bridgehead atoms. The van der Waals surface area contributed by atoms with Crippen molar-refractivity contribution in [2.45, 2.75) is 12.8 Å². The number of carboxylic acids is 1. The molecule has 0 aliphatic carbocycles. The van der Waals surface area contributed by atoms with Gasteiger partial charge >= 0.3 is 5.97 Å². The molecule has 0 aromatic carbocycles. The first-order valence-electron chi connectivity index (χ1n) is 3.75. The predicted octanol–water partition coefficient (Wildman–Crippen LogP) is 1.30. The molecule has 0 saturated heterocycles. The maximum absolute atomic E-state index is 10.6. The lowest BCUT2D eigenvalue weighted by Gasteiger charge is -2.11. The van der Waals surface area contributed by atoms with Crippen molar-refractivity contribution in [3.05, 3.63) is 17.6 Å². The minimum absolute atomic E-state index is 0.129. The highest BCUT2D eigenvalue weighted by molar-refractivity contribution is 5.90. The van der Waals surface area contributed by atoms with E-state index in [1.165, 1.54) is 6.26 Å². The quantitative estimate of drug-likeness (QED) is 0.686. The number of carboxylic acid groups (broad SMARTS) is 1. The molecule has 4 heteroatoms. The van der Waals surface area contributed by atoms with Crippen LogP contribution >= 0.6 is 0 Å². The van der Waals surface area contributed by atoms with Crippen molar-refractivity contribution < 1.29 is 19.1 Å². The largest absolute Gasteiger partial charge is 0.489 e. The van der Waals surface area contributed by atoms with E-state index in [9.17, 15) is 4.79 Å². The van der Waals surface area contributed by atoms with Gasteiger partial charge in [0.15, 0.2) is 5.75 Å². The molecule has 1 N–H and O–H groups in total. The third kappa shape index (κ3) is 0.958. The SMILES string of the molecule is O=C(O)c1coc2c1OCCC2. The Morgan fingerprint density at radius 3 is 3.17 bits per heavy atom. The highest BCUT2D eigenvalue weighted by atomic mass is 16.5. The van der Waals surface area contributed by atoms with Crippen LogP contribution in [0.25, 0.3) is 0 Å². The van der Waals surface area contributed by atoms with Gasteiger partial charge in [-0.1, -0.05) is 0 Å². The third-order valence-electron chi connectivity index (χ3n) is 1.84. The van der Waals surface area contributed by atoms with E-state index in [4.69, 9.17) is 14.3 Å². The zero-order valence-electron chi connectivity index (χ0n) is 6.37. The van der Waals surface area contributed by atoms with Crippen molar-refractivity contribution >= 4 is 5.97 Å². The molecule has 0 spiro atoms. The summed E-state index contributed by atoms with van der Waals surface area (Å²) in [7, 11) is 0. The van der Waals surface area contributed by atoms with Crippen LogP contribution in [0.1, 0.15) is 22.5 Å². The van der Waals surface area contributed by atoms with Crippen molar-refractivity contribution in [3.63, 3.8) is 0 Å². The lowest BCUT2D eigenvalue weighted by molar-refractivity contribution is 0.0691. The van der Waals surface area contributed by atoms with Crippen LogP contribution in [0.3, 0.4) is 0 Å². The summed E-state index contributed by atoms with van der Waals surface area (Å²) in [6.07, 6.45) is 2.89. The lowest BCUT2D eigenvalue weighted by Crippen LogP contribution is -2.09.